The fourth-order valence-corrected chi connectivity index (χ4v) is 6.58. The first-order valence-corrected chi connectivity index (χ1v) is 9.60. The smallest absolute Gasteiger partial charge is 0.231 e. The molecule has 0 bridgehead atoms. The first-order chi connectivity index (χ1) is 11.7. The van der Waals surface area contributed by atoms with E-state index in [0.717, 1.165) is 36.8 Å². The Morgan fingerprint density at radius 2 is 2.00 bits per heavy atom. The summed E-state index contributed by atoms with van der Waals surface area (Å²) in [7, 11) is 0. The molecule has 3 nitrogen and oxygen atoms in total. The van der Waals surface area contributed by atoms with Gasteiger partial charge in [-0.25, -0.2) is 0 Å². The van der Waals surface area contributed by atoms with Crippen LogP contribution in [0.1, 0.15) is 53.4 Å². The minimum absolute atomic E-state index is 0.182. The van der Waals surface area contributed by atoms with Crippen LogP contribution in [0.2, 0.25) is 0 Å². The predicted octanol–water partition coefficient (Wildman–Crippen LogP) is 3.78. The lowest BCUT2D eigenvalue weighted by Gasteiger charge is -2.52. The van der Waals surface area contributed by atoms with E-state index in [1.54, 1.807) is 11.6 Å². The van der Waals surface area contributed by atoms with Crippen molar-refractivity contribution >= 4 is 11.6 Å². The quantitative estimate of drug-likeness (QED) is 0.539. The molecule has 0 aliphatic heterocycles. The zero-order chi connectivity index (χ0) is 18.1. The molecule has 4 rings (SSSR count). The number of hydrogen-bond donors (Lipinski definition) is 1. The molecule has 3 heteroatoms. The minimum atomic E-state index is -1.25. The second-order valence-electron chi connectivity index (χ2n) is 8.87. The predicted molar refractivity (Wildman–Crippen MR) is 96.8 cm³/mol. The van der Waals surface area contributed by atoms with Gasteiger partial charge in [0.1, 0.15) is 6.10 Å². The molecule has 25 heavy (non-hydrogen) atoms. The van der Waals surface area contributed by atoms with E-state index in [4.69, 9.17) is 0 Å². The topological polar surface area (TPSA) is 54.4 Å². The molecule has 4 aliphatic rings. The van der Waals surface area contributed by atoms with E-state index in [1.165, 1.54) is 0 Å². The molecule has 4 aliphatic carbocycles. The van der Waals surface area contributed by atoms with E-state index in [0.29, 0.717) is 17.8 Å². The molecule has 134 valence electrons. The Bertz CT molecular complexity index is 755. The fraction of sp³-hybridized carbons (Fsp3) is 0.636. The van der Waals surface area contributed by atoms with Crippen molar-refractivity contribution in [3.63, 3.8) is 0 Å². The average molecular weight is 340 g/mol. The molecular weight excluding hydrogens is 312 g/mol. The Kier molecular flexibility index (Phi) is 3.57. The van der Waals surface area contributed by atoms with Gasteiger partial charge >= 0.3 is 0 Å². The zero-order valence-corrected chi connectivity index (χ0v) is 15.6. The summed E-state index contributed by atoms with van der Waals surface area (Å²) in [5.74, 6) is 0.446. The zero-order valence-electron chi connectivity index (χ0n) is 15.6. The number of allylic oxidation sites excluding steroid dienone is 5. The van der Waals surface area contributed by atoms with Crippen LogP contribution in [0.3, 0.4) is 0 Å². The highest BCUT2D eigenvalue weighted by Crippen LogP contribution is 2.64. The lowest BCUT2D eigenvalue weighted by molar-refractivity contribution is -0.145. The van der Waals surface area contributed by atoms with E-state index in [2.05, 4.69) is 32.9 Å². The third kappa shape index (κ3) is 1.96. The summed E-state index contributed by atoms with van der Waals surface area (Å²) in [5.41, 5.74) is 3.03. The molecule has 1 N–H and O–H groups in total. The summed E-state index contributed by atoms with van der Waals surface area (Å²) in [6, 6.07) is 0. The van der Waals surface area contributed by atoms with Crippen molar-refractivity contribution in [2.24, 2.45) is 28.6 Å². The number of rotatable bonds is 0. The Morgan fingerprint density at radius 1 is 1.28 bits per heavy atom. The van der Waals surface area contributed by atoms with Gasteiger partial charge in [-0.15, -0.1) is 0 Å². The van der Waals surface area contributed by atoms with Crippen LogP contribution in [0.15, 0.2) is 34.9 Å². The van der Waals surface area contributed by atoms with Crippen LogP contribution in [-0.4, -0.2) is 22.8 Å². The van der Waals surface area contributed by atoms with E-state index < -0.39 is 23.1 Å². The van der Waals surface area contributed by atoms with E-state index in [-0.39, 0.29) is 5.41 Å². The SMILES string of the molecule is CC=C1[C@H](C)C[C@H]2[C@@H]3CCC4=CC(O)C(=O)C(=O)[C@]4(C)C3=CC[C@]12C. The van der Waals surface area contributed by atoms with Gasteiger partial charge in [-0.1, -0.05) is 42.7 Å². The molecule has 0 heterocycles. The Morgan fingerprint density at radius 3 is 2.68 bits per heavy atom. The maximum Gasteiger partial charge on any atom is 0.231 e. The van der Waals surface area contributed by atoms with Crippen molar-refractivity contribution < 1.29 is 14.7 Å². The summed E-state index contributed by atoms with van der Waals surface area (Å²) < 4.78 is 0. The lowest BCUT2D eigenvalue weighted by Crippen LogP contribution is -2.51. The van der Waals surface area contributed by atoms with Crippen LogP contribution in [0.25, 0.3) is 0 Å². The normalized spacial score (nSPS) is 47.8. The number of ketones is 2. The Hall–Kier alpha value is -1.48. The van der Waals surface area contributed by atoms with Crippen LogP contribution in [0, 0.1) is 28.6 Å². The van der Waals surface area contributed by atoms with Gasteiger partial charge in [0.15, 0.2) is 0 Å². The number of aliphatic hydroxyl groups excluding tert-OH is 1. The molecule has 0 amide bonds. The van der Waals surface area contributed by atoms with Crippen LogP contribution in [0.4, 0.5) is 0 Å². The standard InChI is InChI=1S/C22H28O3/c1-5-15-12(2)10-17-14-7-6-13-11-18(23)19(24)20(25)22(13,4)16(14)8-9-21(15,17)3/h5,8,11-12,14,17-18,23H,6-7,9-10H2,1-4H3/t12-,14-,17+,18?,21-,22+/m1/s1. The second-order valence-corrected chi connectivity index (χ2v) is 8.87. The van der Waals surface area contributed by atoms with Crippen molar-refractivity contribution in [1.82, 2.24) is 0 Å². The van der Waals surface area contributed by atoms with Crippen molar-refractivity contribution in [2.75, 3.05) is 0 Å². The monoisotopic (exact) mass is 340 g/mol. The van der Waals surface area contributed by atoms with Gasteiger partial charge in [0.25, 0.3) is 0 Å². The summed E-state index contributed by atoms with van der Waals surface area (Å²) in [6.45, 7) is 8.77. The van der Waals surface area contributed by atoms with E-state index in [1.807, 2.05) is 6.92 Å². The van der Waals surface area contributed by atoms with Crippen molar-refractivity contribution in [3.05, 3.63) is 34.9 Å². The highest BCUT2D eigenvalue weighted by molar-refractivity contribution is 6.43. The molecule has 0 aromatic carbocycles. The molecule has 2 saturated carbocycles. The summed E-state index contributed by atoms with van der Waals surface area (Å²) in [4.78, 5) is 25.1. The van der Waals surface area contributed by atoms with Gasteiger partial charge in [-0.05, 0) is 68.8 Å². The van der Waals surface area contributed by atoms with Crippen LogP contribution >= 0.6 is 0 Å². The summed E-state index contributed by atoms with van der Waals surface area (Å²) in [5, 5.41) is 9.92. The molecule has 0 radical (unpaired) electrons. The number of carbonyl (C=O) groups is 2. The maximum atomic E-state index is 12.9. The highest BCUT2D eigenvalue weighted by atomic mass is 16.3. The molecule has 0 aromatic heterocycles. The molecular formula is C22H28O3. The van der Waals surface area contributed by atoms with Gasteiger partial charge in [0.05, 0.1) is 5.41 Å². The number of hydrogen-bond acceptors (Lipinski definition) is 3. The van der Waals surface area contributed by atoms with Crippen LogP contribution in [-0.2, 0) is 9.59 Å². The second kappa shape index (κ2) is 5.26. The maximum absolute atomic E-state index is 12.9. The number of fused-ring (bicyclic) bond motifs is 5. The molecule has 6 atom stereocenters. The Balaban J connectivity index is 1.83. The van der Waals surface area contributed by atoms with E-state index in [9.17, 15) is 14.7 Å². The lowest BCUT2D eigenvalue weighted by atomic mass is 9.51. The first-order valence-electron chi connectivity index (χ1n) is 9.60. The average Bonchev–Trinajstić information content (AvgIpc) is 2.84. The molecule has 0 aromatic rings. The van der Waals surface area contributed by atoms with Crippen molar-refractivity contribution in [2.45, 2.75) is 59.5 Å². The third-order valence-corrected chi connectivity index (χ3v) is 7.81. The van der Waals surface area contributed by atoms with Gasteiger partial charge in [-0.2, -0.15) is 0 Å². The fourth-order valence-electron chi connectivity index (χ4n) is 6.58. The summed E-state index contributed by atoms with van der Waals surface area (Å²) in [6.07, 6.45) is 8.89. The Labute approximate surface area is 149 Å². The molecule has 0 spiro atoms. The summed E-state index contributed by atoms with van der Waals surface area (Å²) >= 11 is 0. The van der Waals surface area contributed by atoms with Crippen molar-refractivity contribution in [3.8, 4) is 0 Å². The van der Waals surface area contributed by atoms with Crippen LogP contribution in [0.5, 0.6) is 0 Å². The highest BCUT2D eigenvalue weighted by Gasteiger charge is 2.59. The number of carbonyl (C=O) groups excluding carboxylic acids is 2. The van der Waals surface area contributed by atoms with E-state index >= 15 is 0 Å². The largest absolute Gasteiger partial charge is 0.381 e. The third-order valence-electron chi connectivity index (χ3n) is 7.81. The van der Waals surface area contributed by atoms with Gasteiger partial charge in [0, 0.05) is 0 Å². The van der Waals surface area contributed by atoms with Crippen LogP contribution < -0.4 is 0 Å². The number of aliphatic hydroxyl groups is 1. The first kappa shape index (κ1) is 17.0. The molecule has 2 fully saturated rings. The van der Waals surface area contributed by atoms with Crippen molar-refractivity contribution in [1.29, 1.82) is 0 Å². The minimum Gasteiger partial charge on any atom is -0.381 e. The molecule has 1 unspecified atom stereocenters. The number of Topliss-reactive ketones (excluding diaryl/α,β-unsaturated/α-hetero) is 2. The van der Waals surface area contributed by atoms with Gasteiger partial charge < -0.3 is 5.11 Å². The van der Waals surface area contributed by atoms with Gasteiger partial charge in [0.2, 0.25) is 11.6 Å². The van der Waals surface area contributed by atoms with Gasteiger partial charge in [-0.3, -0.25) is 9.59 Å². The molecule has 0 saturated heterocycles.